The number of imidazole rings is 1. The minimum absolute atomic E-state index is 0.0707. The molecule has 0 saturated heterocycles. The van der Waals surface area contributed by atoms with Crippen LogP contribution in [0.5, 0.6) is 0 Å². The van der Waals surface area contributed by atoms with E-state index in [0.717, 1.165) is 12.3 Å². The van der Waals surface area contributed by atoms with Crippen LogP contribution in [0, 0.1) is 5.92 Å². The summed E-state index contributed by atoms with van der Waals surface area (Å²) in [5, 5.41) is 4.22. The van der Waals surface area contributed by atoms with Crippen LogP contribution < -0.4 is 0 Å². The minimum Gasteiger partial charge on any atom is -0.324 e. The molecular formula is C18H17F6N5O2S. The molecule has 4 rings (SSSR count). The SMILES string of the molecule is CCS(=O)(=O)c1c(-c2nc3cc(C(F)(F)F)ncc3n2C)nn2c1CC(C(F)(F)F)CC2. The van der Waals surface area contributed by atoms with E-state index >= 15 is 0 Å². The molecule has 3 aromatic heterocycles. The number of halogens is 6. The molecule has 3 aromatic rings. The van der Waals surface area contributed by atoms with Gasteiger partial charge in [0.2, 0.25) is 0 Å². The Kier molecular flexibility index (Phi) is 5.06. The molecule has 32 heavy (non-hydrogen) atoms. The Morgan fingerprint density at radius 1 is 1.19 bits per heavy atom. The largest absolute Gasteiger partial charge is 0.433 e. The summed E-state index contributed by atoms with van der Waals surface area (Å²) in [6, 6.07) is 0.725. The molecule has 7 nitrogen and oxygen atoms in total. The number of pyridine rings is 1. The van der Waals surface area contributed by atoms with Crippen molar-refractivity contribution in [1.82, 2.24) is 24.3 Å². The quantitative estimate of drug-likeness (QED) is 0.532. The third-order valence-corrected chi connectivity index (χ3v) is 7.37. The summed E-state index contributed by atoms with van der Waals surface area (Å²) in [6.07, 6.45) is -9.07. The lowest BCUT2D eigenvalue weighted by Crippen LogP contribution is -2.32. The second kappa shape index (κ2) is 7.18. The standard InChI is InChI=1S/C18H17F6N5O2S/c1-3-32(30,31)15-11-6-9(17(19,20)21)4-5-29(11)27-14(15)16-26-10-7-13(18(22,23)24)25-8-12(10)28(16)2/h7-9H,3-6H2,1-2H3. The van der Waals surface area contributed by atoms with Crippen molar-refractivity contribution in [2.24, 2.45) is 13.0 Å². The zero-order valence-corrected chi connectivity index (χ0v) is 17.6. The van der Waals surface area contributed by atoms with Crippen molar-refractivity contribution in [1.29, 1.82) is 0 Å². The summed E-state index contributed by atoms with van der Waals surface area (Å²) in [4.78, 5) is 7.15. The number of hydrogen-bond acceptors (Lipinski definition) is 5. The molecule has 174 valence electrons. The van der Waals surface area contributed by atoms with Gasteiger partial charge < -0.3 is 4.57 Å². The van der Waals surface area contributed by atoms with Gasteiger partial charge in [0.1, 0.15) is 16.3 Å². The maximum Gasteiger partial charge on any atom is 0.433 e. The van der Waals surface area contributed by atoms with Gasteiger partial charge in [0.05, 0.1) is 34.6 Å². The minimum atomic E-state index is -4.71. The first-order valence-corrected chi connectivity index (χ1v) is 11.2. The first kappa shape index (κ1) is 22.6. The Balaban J connectivity index is 1.94. The maximum atomic E-state index is 13.3. The number of sulfone groups is 1. The van der Waals surface area contributed by atoms with Crippen molar-refractivity contribution in [2.75, 3.05) is 5.75 Å². The molecule has 1 aliphatic rings. The number of hydrogen-bond donors (Lipinski definition) is 0. The van der Waals surface area contributed by atoms with E-state index in [0.29, 0.717) is 0 Å². The van der Waals surface area contributed by atoms with Gasteiger partial charge in [-0.05, 0) is 12.5 Å². The highest BCUT2D eigenvalue weighted by atomic mass is 32.2. The fourth-order valence-electron chi connectivity index (χ4n) is 3.83. The lowest BCUT2D eigenvalue weighted by atomic mass is 9.95. The van der Waals surface area contributed by atoms with Crippen LogP contribution in [0.3, 0.4) is 0 Å². The van der Waals surface area contributed by atoms with Gasteiger partial charge in [-0.2, -0.15) is 31.4 Å². The van der Waals surface area contributed by atoms with Crippen molar-refractivity contribution < 1.29 is 34.8 Å². The number of alkyl halides is 6. The molecule has 0 radical (unpaired) electrons. The fourth-order valence-corrected chi connectivity index (χ4v) is 5.09. The van der Waals surface area contributed by atoms with E-state index in [1.54, 1.807) is 0 Å². The van der Waals surface area contributed by atoms with Crippen LogP contribution in [0.25, 0.3) is 22.6 Å². The van der Waals surface area contributed by atoms with Crippen LogP contribution in [0.4, 0.5) is 26.3 Å². The number of fused-ring (bicyclic) bond motifs is 2. The van der Waals surface area contributed by atoms with Gasteiger partial charge >= 0.3 is 12.4 Å². The Hall–Kier alpha value is -2.64. The first-order valence-electron chi connectivity index (χ1n) is 9.53. The Bertz CT molecular complexity index is 1310. The van der Waals surface area contributed by atoms with E-state index in [4.69, 9.17) is 0 Å². The normalized spacial score (nSPS) is 17.7. The zero-order chi connectivity index (χ0) is 23.6. The molecule has 0 amide bonds. The molecule has 0 fully saturated rings. The average Bonchev–Trinajstić information content (AvgIpc) is 3.24. The molecule has 4 heterocycles. The summed E-state index contributed by atoms with van der Waals surface area (Å²) >= 11 is 0. The van der Waals surface area contributed by atoms with Gasteiger partial charge in [-0.25, -0.2) is 18.4 Å². The predicted octanol–water partition coefficient (Wildman–Crippen LogP) is 3.77. The number of aromatic nitrogens is 5. The van der Waals surface area contributed by atoms with Gasteiger partial charge in [-0.15, -0.1) is 0 Å². The number of aryl methyl sites for hydroxylation is 2. The van der Waals surface area contributed by atoms with E-state index in [-0.39, 0.29) is 51.9 Å². The molecular weight excluding hydrogens is 464 g/mol. The number of nitrogens with zero attached hydrogens (tertiary/aromatic N) is 5. The lowest BCUT2D eigenvalue weighted by Gasteiger charge is -2.25. The molecule has 14 heteroatoms. The molecule has 0 saturated carbocycles. The van der Waals surface area contributed by atoms with Crippen LogP contribution in [0.1, 0.15) is 24.7 Å². The third kappa shape index (κ3) is 3.63. The Morgan fingerprint density at radius 3 is 2.47 bits per heavy atom. The molecule has 0 aromatic carbocycles. The van der Waals surface area contributed by atoms with Crippen LogP contribution in [-0.2, 0) is 36.0 Å². The van der Waals surface area contributed by atoms with E-state index in [9.17, 15) is 34.8 Å². The highest BCUT2D eigenvalue weighted by Gasteiger charge is 2.44. The van der Waals surface area contributed by atoms with Crippen LogP contribution in [-0.4, -0.2) is 44.7 Å². The number of rotatable bonds is 3. The van der Waals surface area contributed by atoms with E-state index in [1.807, 2.05) is 0 Å². The topological polar surface area (TPSA) is 82.7 Å². The first-order chi connectivity index (χ1) is 14.7. The summed E-state index contributed by atoms with van der Waals surface area (Å²) < 4.78 is 107. The monoisotopic (exact) mass is 481 g/mol. The van der Waals surface area contributed by atoms with Crippen molar-refractivity contribution in [2.45, 2.75) is 43.6 Å². The second-order valence-corrected chi connectivity index (χ2v) is 9.75. The van der Waals surface area contributed by atoms with Gasteiger partial charge in [0, 0.05) is 20.0 Å². The highest BCUT2D eigenvalue weighted by molar-refractivity contribution is 7.91. The van der Waals surface area contributed by atoms with E-state index < -0.39 is 40.2 Å². The molecule has 1 unspecified atom stereocenters. The van der Waals surface area contributed by atoms with Gasteiger partial charge in [0.15, 0.2) is 15.7 Å². The molecule has 0 aliphatic carbocycles. The van der Waals surface area contributed by atoms with Crippen molar-refractivity contribution >= 4 is 20.9 Å². The molecule has 1 atom stereocenters. The maximum absolute atomic E-state index is 13.3. The summed E-state index contributed by atoms with van der Waals surface area (Å²) in [5.74, 6) is -2.18. The van der Waals surface area contributed by atoms with E-state index in [2.05, 4.69) is 15.1 Å². The summed E-state index contributed by atoms with van der Waals surface area (Å²) in [7, 11) is -2.59. The predicted molar refractivity (Wildman–Crippen MR) is 100 cm³/mol. The van der Waals surface area contributed by atoms with Crippen LogP contribution in [0.2, 0.25) is 0 Å². The second-order valence-electron chi connectivity index (χ2n) is 7.53. The molecule has 0 bridgehead atoms. The Morgan fingerprint density at radius 2 is 1.88 bits per heavy atom. The van der Waals surface area contributed by atoms with Crippen molar-refractivity contribution in [3.63, 3.8) is 0 Å². The highest BCUT2D eigenvalue weighted by Crippen LogP contribution is 2.40. The van der Waals surface area contributed by atoms with Gasteiger partial charge in [-0.3, -0.25) is 4.68 Å². The van der Waals surface area contributed by atoms with Gasteiger partial charge in [0.25, 0.3) is 0 Å². The van der Waals surface area contributed by atoms with Crippen LogP contribution in [0.15, 0.2) is 17.2 Å². The molecule has 0 N–H and O–H groups in total. The third-order valence-electron chi connectivity index (χ3n) is 5.56. The van der Waals surface area contributed by atoms with Gasteiger partial charge in [-0.1, -0.05) is 6.92 Å². The Labute approximate surface area is 178 Å². The summed E-state index contributed by atoms with van der Waals surface area (Å²) in [6.45, 7) is 1.21. The van der Waals surface area contributed by atoms with Crippen molar-refractivity contribution in [3.05, 3.63) is 23.7 Å². The van der Waals surface area contributed by atoms with Crippen molar-refractivity contribution in [3.8, 4) is 11.5 Å². The smallest absolute Gasteiger partial charge is 0.324 e. The fraction of sp³-hybridized carbons (Fsp3) is 0.500. The molecule has 0 spiro atoms. The van der Waals surface area contributed by atoms with E-state index in [1.165, 1.54) is 23.2 Å². The lowest BCUT2D eigenvalue weighted by molar-refractivity contribution is -0.179. The van der Waals surface area contributed by atoms with Crippen LogP contribution >= 0.6 is 0 Å². The molecule has 1 aliphatic heterocycles. The summed E-state index contributed by atoms with van der Waals surface area (Å²) in [5.41, 5.74) is -1.34. The average molecular weight is 481 g/mol. The zero-order valence-electron chi connectivity index (χ0n) is 16.8.